The van der Waals surface area contributed by atoms with Crippen molar-refractivity contribution in [1.29, 1.82) is 0 Å². The van der Waals surface area contributed by atoms with E-state index < -0.39 is 6.04 Å². The minimum atomic E-state index is -0.409. The molecular formula is C9H16N4O2. The number of hydrogen-bond acceptors (Lipinski definition) is 4. The van der Waals surface area contributed by atoms with Crippen LogP contribution in [-0.4, -0.2) is 38.4 Å². The highest BCUT2D eigenvalue weighted by molar-refractivity contribution is 5.80. The summed E-state index contributed by atoms with van der Waals surface area (Å²) in [5, 5.41) is 15.5. The van der Waals surface area contributed by atoms with Gasteiger partial charge in [-0.3, -0.25) is 4.79 Å². The number of hydrogen-bond donors (Lipinski definition) is 2. The zero-order chi connectivity index (χ0) is 11.3. The SMILES string of the molecule is CCC(CO)NC(=O)C(C)n1cncn1. The van der Waals surface area contributed by atoms with Crippen molar-refractivity contribution in [3.63, 3.8) is 0 Å². The normalized spacial score (nSPS) is 14.6. The van der Waals surface area contributed by atoms with E-state index in [0.29, 0.717) is 6.42 Å². The maximum Gasteiger partial charge on any atom is 0.244 e. The first-order valence-corrected chi connectivity index (χ1v) is 4.94. The van der Waals surface area contributed by atoms with E-state index in [9.17, 15) is 4.79 Å². The predicted molar refractivity (Wildman–Crippen MR) is 54.0 cm³/mol. The fraction of sp³-hybridized carbons (Fsp3) is 0.667. The van der Waals surface area contributed by atoms with E-state index in [0.717, 1.165) is 0 Å². The van der Waals surface area contributed by atoms with Gasteiger partial charge >= 0.3 is 0 Å². The van der Waals surface area contributed by atoms with Crippen LogP contribution < -0.4 is 5.32 Å². The first-order chi connectivity index (χ1) is 7.19. The third-order valence-corrected chi connectivity index (χ3v) is 2.27. The van der Waals surface area contributed by atoms with Gasteiger partial charge in [0.2, 0.25) is 5.91 Å². The fourth-order valence-electron chi connectivity index (χ4n) is 1.14. The smallest absolute Gasteiger partial charge is 0.244 e. The topological polar surface area (TPSA) is 80.0 Å². The molecular weight excluding hydrogens is 196 g/mol. The van der Waals surface area contributed by atoms with Crippen molar-refractivity contribution in [3.05, 3.63) is 12.7 Å². The molecule has 15 heavy (non-hydrogen) atoms. The maximum absolute atomic E-state index is 11.7. The second-order valence-electron chi connectivity index (χ2n) is 3.35. The summed E-state index contributed by atoms with van der Waals surface area (Å²) >= 11 is 0. The Morgan fingerprint density at radius 1 is 1.67 bits per heavy atom. The third-order valence-electron chi connectivity index (χ3n) is 2.27. The second-order valence-corrected chi connectivity index (χ2v) is 3.35. The summed E-state index contributed by atoms with van der Waals surface area (Å²) in [7, 11) is 0. The number of nitrogens with one attached hydrogen (secondary N) is 1. The Balaban J connectivity index is 2.53. The Labute approximate surface area is 88.3 Å². The minimum Gasteiger partial charge on any atom is -0.394 e. The zero-order valence-electron chi connectivity index (χ0n) is 8.92. The standard InChI is InChI=1S/C9H16N4O2/c1-3-8(4-14)12-9(15)7(2)13-6-10-5-11-13/h5-8,14H,3-4H2,1-2H3,(H,12,15). The molecule has 0 aliphatic heterocycles. The van der Waals surface area contributed by atoms with Gasteiger partial charge in [-0.05, 0) is 13.3 Å². The van der Waals surface area contributed by atoms with Crippen molar-refractivity contribution in [3.8, 4) is 0 Å². The summed E-state index contributed by atoms with van der Waals surface area (Å²) in [6, 6.07) is -0.600. The van der Waals surface area contributed by atoms with E-state index in [1.807, 2.05) is 6.92 Å². The quantitative estimate of drug-likeness (QED) is 0.704. The zero-order valence-corrected chi connectivity index (χ0v) is 8.92. The van der Waals surface area contributed by atoms with Crippen molar-refractivity contribution >= 4 is 5.91 Å². The highest BCUT2D eigenvalue weighted by atomic mass is 16.3. The maximum atomic E-state index is 11.7. The molecule has 1 heterocycles. The van der Waals surface area contributed by atoms with Crippen molar-refractivity contribution in [2.75, 3.05) is 6.61 Å². The summed E-state index contributed by atoms with van der Waals surface area (Å²) in [6.45, 7) is 3.59. The van der Waals surface area contributed by atoms with Crippen LogP contribution in [0.15, 0.2) is 12.7 Å². The van der Waals surface area contributed by atoms with Gasteiger partial charge in [-0.1, -0.05) is 6.92 Å². The summed E-state index contributed by atoms with van der Waals surface area (Å²) in [5.74, 6) is -0.165. The van der Waals surface area contributed by atoms with E-state index >= 15 is 0 Å². The Morgan fingerprint density at radius 3 is 2.87 bits per heavy atom. The number of rotatable bonds is 5. The molecule has 1 aromatic heterocycles. The van der Waals surface area contributed by atoms with Gasteiger partial charge in [0, 0.05) is 0 Å². The first kappa shape index (κ1) is 11.6. The molecule has 84 valence electrons. The van der Waals surface area contributed by atoms with Crippen LogP contribution in [0, 0.1) is 0 Å². The van der Waals surface area contributed by atoms with Gasteiger partial charge in [0.15, 0.2) is 0 Å². The number of aliphatic hydroxyl groups is 1. The molecule has 0 bridgehead atoms. The molecule has 6 heteroatoms. The first-order valence-electron chi connectivity index (χ1n) is 4.94. The summed E-state index contributed by atoms with van der Waals surface area (Å²) in [4.78, 5) is 15.4. The number of amides is 1. The molecule has 0 saturated carbocycles. The molecule has 2 unspecified atom stereocenters. The van der Waals surface area contributed by atoms with E-state index in [-0.39, 0.29) is 18.6 Å². The summed E-state index contributed by atoms with van der Waals surface area (Å²) in [6.07, 6.45) is 3.57. The Hall–Kier alpha value is -1.43. The Bertz CT molecular complexity index is 295. The van der Waals surface area contributed by atoms with E-state index in [1.165, 1.54) is 17.3 Å². The Morgan fingerprint density at radius 2 is 2.40 bits per heavy atom. The molecule has 6 nitrogen and oxygen atoms in total. The van der Waals surface area contributed by atoms with Gasteiger partial charge < -0.3 is 10.4 Å². The molecule has 0 aliphatic rings. The van der Waals surface area contributed by atoms with Crippen LogP contribution >= 0.6 is 0 Å². The van der Waals surface area contributed by atoms with E-state index in [2.05, 4.69) is 15.4 Å². The monoisotopic (exact) mass is 212 g/mol. The predicted octanol–water partition coefficient (Wildman–Crippen LogP) is -0.274. The lowest BCUT2D eigenvalue weighted by Crippen LogP contribution is -2.40. The van der Waals surface area contributed by atoms with Crippen LogP contribution in [0.2, 0.25) is 0 Å². The van der Waals surface area contributed by atoms with Crippen LogP contribution in [-0.2, 0) is 4.79 Å². The number of aromatic nitrogens is 3. The minimum absolute atomic E-state index is 0.0493. The highest BCUT2D eigenvalue weighted by Gasteiger charge is 2.17. The van der Waals surface area contributed by atoms with Crippen LogP contribution in [0.1, 0.15) is 26.3 Å². The largest absolute Gasteiger partial charge is 0.394 e. The van der Waals surface area contributed by atoms with Crippen molar-refractivity contribution in [2.24, 2.45) is 0 Å². The fourth-order valence-corrected chi connectivity index (χ4v) is 1.14. The van der Waals surface area contributed by atoms with Crippen molar-refractivity contribution in [1.82, 2.24) is 20.1 Å². The molecule has 2 N–H and O–H groups in total. The number of aliphatic hydroxyl groups excluding tert-OH is 1. The lowest BCUT2D eigenvalue weighted by Gasteiger charge is -2.17. The molecule has 0 saturated heterocycles. The van der Waals surface area contributed by atoms with Gasteiger partial charge in [0.05, 0.1) is 12.6 Å². The van der Waals surface area contributed by atoms with Gasteiger partial charge in [-0.15, -0.1) is 0 Å². The van der Waals surface area contributed by atoms with Gasteiger partial charge in [-0.25, -0.2) is 9.67 Å². The van der Waals surface area contributed by atoms with Crippen molar-refractivity contribution in [2.45, 2.75) is 32.4 Å². The summed E-state index contributed by atoms with van der Waals surface area (Å²) in [5.41, 5.74) is 0. The van der Waals surface area contributed by atoms with Crippen LogP contribution in [0.5, 0.6) is 0 Å². The number of carbonyl (C=O) groups is 1. The van der Waals surface area contributed by atoms with E-state index in [1.54, 1.807) is 6.92 Å². The van der Waals surface area contributed by atoms with Gasteiger partial charge in [-0.2, -0.15) is 5.10 Å². The molecule has 1 rings (SSSR count). The summed E-state index contributed by atoms with van der Waals surface area (Å²) < 4.78 is 1.47. The molecule has 0 radical (unpaired) electrons. The van der Waals surface area contributed by atoms with Crippen LogP contribution in [0.4, 0.5) is 0 Å². The van der Waals surface area contributed by atoms with Crippen LogP contribution in [0.3, 0.4) is 0 Å². The number of carbonyl (C=O) groups excluding carboxylic acids is 1. The molecule has 0 aliphatic carbocycles. The average Bonchev–Trinajstić information content (AvgIpc) is 2.77. The van der Waals surface area contributed by atoms with Gasteiger partial charge in [0.1, 0.15) is 18.7 Å². The molecule has 0 fully saturated rings. The lowest BCUT2D eigenvalue weighted by atomic mass is 10.2. The number of nitrogens with zero attached hydrogens (tertiary/aromatic N) is 3. The highest BCUT2D eigenvalue weighted by Crippen LogP contribution is 2.03. The average molecular weight is 212 g/mol. The van der Waals surface area contributed by atoms with E-state index in [4.69, 9.17) is 5.11 Å². The molecule has 1 amide bonds. The lowest BCUT2D eigenvalue weighted by molar-refractivity contribution is -0.125. The third kappa shape index (κ3) is 3.02. The molecule has 0 aromatic carbocycles. The van der Waals surface area contributed by atoms with Crippen molar-refractivity contribution < 1.29 is 9.90 Å². The molecule has 2 atom stereocenters. The second kappa shape index (κ2) is 5.45. The van der Waals surface area contributed by atoms with Crippen LogP contribution in [0.25, 0.3) is 0 Å². The molecule has 1 aromatic rings. The Kier molecular flexibility index (Phi) is 4.23. The van der Waals surface area contributed by atoms with Gasteiger partial charge in [0.25, 0.3) is 0 Å². The molecule has 0 spiro atoms.